The number of likely N-dealkylation sites (tertiary alicyclic amines) is 1. The largest absolute Gasteiger partial charge is 0.495 e. The zero-order valence-corrected chi connectivity index (χ0v) is 30.3. The molecular formula is C32H47BrN4O9S. The molecule has 3 N–H and O–H groups in total. The molecule has 2 fully saturated rings. The number of methoxy groups -OCH3 is 1. The van der Waals surface area contributed by atoms with Gasteiger partial charge >= 0.3 is 6.09 Å². The van der Waals surface area contributed by atoms with E-state index < -0.39 is 45.3 Å². The number of aromatic nitrogens is 1. The summed E-state index contributed by atoms with van der Waals surface area (Å²) in [5, 5.41) is 2.66. The summed E-state index contributed by atoms with van der Waals surface area (Å²) < 4.78 is 42.5. The number of amides is 3. The first-order valence-corrected chi connectivity index (χ1v) is 18.1. The number of benzene rings is 1. The number of halogens is 1. The van der Waals surface area contributed by atoms with Gasteiger partial charge < -0.3 is 24.5 Å². The number of hydrogen-bond acceptors (Lipinski definition) is 9. The van der Waals surface area contributed by atoms with Crippen molar-refractivity contribution in [2.75, 3.05) is 20.3 Å². The molecule has 2 heterocycles. The summed E-state index contributed by atoms with van der Waals surface area (Å²) in [5.74, 6) is -0.136. The summed E-state index contributed by atoms with van der Waals surface area (Å²) in [6.45, 7) is 13.8. The molecule has 47 heavy (non-hydrogen) atoms. The third kappa shape index (κ3) is 11.3. The van der Waals surface area contributed by atoms with Gasteiger partial charge in [-0.1, -0.05) is 19.9 Å². The number of carbonyl (C=O) groups is 3. The van der Waals surface area contributed by atoms with Gasteiger partial charge in [0.2, 0.25) is 15.9 Å². The normalized spacial score (nSPS) is 16.2. The van der Waals surface area contributed by atoms with E-state index in [4.69, 9.17) is 14.2 Å². The van der Waals surface area contributed by atoms with Gasteiger partial charge in [-0.15, -0.1) is 6.58 Å². The average molecular weight is 744 g/mol. The first-order chi connectivity index (χ1) is 22.3. The number of pyridine rings is 1. The number of nitrogens with one attached hydrogen (secondary N) is 3. The Bertz CT molecular complexity index is 1560. The molecular weight excluding hydrogens is 696 g/mol. The molecule has 1 saturated carbocycles. The second-order valence-corrected chi connectivity index (χ2v) is 13.6. The molecule has 2 aromatic rings. The van der Waals surface area contributed by atoms with Crippen molar-refractivity contribution in [3.63, 3.8) is 0 Å². The van der Waals surface area contributed by atoms with Crippen LogP contribution in [0.3, 0.4) is 0 Å². The molecule has 1 saturated heterocycles. The molecule has 15 heteroatoms. The minimum absolute atomic E-state index is 0.0782. The predicted molar refractivity (Wildman–Crippen MR) is 184 cm³/mol. The van der Waals surface area contributed by atoms with Gasteiger partial charge in [-0.2, -0.15) is 0 Å². The van der Waals surface area contributed by atoms with Crippen LogP contribution in [0.25, 0.3) is 10.9 Å². The van der Waals surface area contributed by atoms with E-state index in [-0.39, 0.29) is 18.0 Å². The number of carbonyl (C=O) groups excluding carboxylic acids is 3. The highest BCUT2D eigenvalue weighted by Gasteiger charge is 2.40. The number of sulfonamides is 1. The molecule has 262 valence electrons. The molecule has 13 nitrogen and oxygen atoms in total. The number of hydrogen-bond donors (Lipinski definition) is 3. The fourth-order valence-corrected chi connectivity index (χ4v) is 6.61. The number of allylic oxidation sites excluding steroid dienone is 1. The van der Waals surface area contributed by atoms with Gasteiger partial charge in [-0.25, -0.2) is 13.2 Å². The van der Waals surface area contributed by atoms with Crippen LogP contribution in [0.1, 0.15) is 73.1 Å². The van der Waals surface area contributed by atoms with Crippen molar-refractivity contribution in [2.45, 2.75) is 96.6 Å². The first kappa shape index (κ1) is 39.6. The quantitative estimate of drug-likeness (QED) is 0.259. The van der Waals surface area contributed by atoms with Crippen molar-refractivity contribution < 1.29 is 37.0 Å². The molecule has 0 spiro atoms. The maximum atomic E-state index is 12.7. The molecule has 1 aliphatic carbocycles. The van der Waals surface area contributed by atoms with E-state index in [1.807, 2.05) is 20.8 Å². The van der Waals surface area contributed by atoms with E-state index >= 15 is 0 Å². The third-order valence-corrected chi connectivity index (χ3v) is 9.65. The Morgan fingerprint density at radius 3 is 2.45 bits per heavy atom. The Hall–Kier alpha value is -3.59. The van der Waals surface area contributed by atoms with Crippen molar-refractivity contribution in [1.29, 1.82) is 0 Å². The highest BCUT2D eigenvalue weighted by Crippen LogP contribution is 2.31. The molecule has 0 radical (unpaired) electrons. The first-order valence-electron chi connectivity index (χ1n) is 15.8. The van der Waals surface area contributed by atoms with E-state index in [0.717, 1.165) is 4.47 Å². The Morgan fingerprint density at radius 2 is 1.87 bits per heavy atom. The third-order valence-electron chi connectivity index (χ3n) is 7.03. The van der Waals surface area contributed by atoms with Gasteiger partial charge in [0.05, 0.1) is 35.1 Å². The van der Waals surface area contributed by atoms with Crippen molar-refractivity contribution in [1.82, 2.24) is 19.9 Å². The monoisotopic (exact) mass is 742 g/mol. The summed E-state index contributed by atoms with van der Waals surface area (Å²) in [6, 6.07) is 3.16. The van der Waals surface area contributed by atoms with Crippen LogP contribution in [0.2, 0.25) is 0 Å². The van der Waals surface area contributed by atoms with E-state index in [0.29, 0.717) is 67.8 Å². The number of rotatable bonds is 12. The van der Waals surface area contributed by atoms with Gasteiger partial charge in [0, 0.05) is 18.0 Å². The summed E-state index contributed by atoms with van der Waals surface area (Å²) >= 11 is 3.41. The van der Waals surface area contributed by atoms with E-state index in [2.05, 4.69) is 37.5 Å². The lowest BCUT2D eigenvalue weighted by molar-refractivity contribution is -0.130. The SMILES string of the molecule is C=CCCC(NC(=O)C1CCCN1C(=O)OC(C)C)C(=O)NS(=O)(=O)C1CC1.CC.CCOc1cc(=O)c2ccc(OC)c(Br)c2[nH]1. The topological polar surface area (TPSA) is 173 Å². The molecule has 1 aromatic heterocycles. The fourth-order valence-electron chi connectivity index (χ4n) is 4.65. The molecule has 3 amide bonds. The number of aromatic amines is 1. The fraction of sp³-hybridized carbons (Fsp3) is 0.562. The maximum absolute atomic E-state index is 12.7. The van der Waals surface area contributed by atoms with Crippen LogP contribution >= 0.6 is 15.9 Å². The molecule has 2 atom stereocenters. The molecule has 0 bridgehead atoms. The lowest BCUT2D eigenvalue weighted by Gasteiger charge is -2.26. The van der Waals surface area contributed by atoms with Gasteiger partial charge in [0.25, 0.3) is 5.91 Å². The number of nitrogens with zero attached hydrogens (tertiary/aromatic N) is 1. The van der Waals surface area contributed by atoms with Crippen molar-refractivity contribution in [3.05, 3.63) is 45.6 Å². The number of H-pyrrole nitrogens is 1. The summed E-state index contributed by atoms with van der Waals surface area (Å²) in [6.07, 6.45) is 3.49. The van der Waals surface area contributed by atoms with Crippen LogP contribution in [-0.4, -0.2) is 79.9 Å². The highest BCUT2D eigenvalue weighted by atomic mass is 79.9. The second kappa shape index (κ2) is 18.7. The smallest absolute Gasteiger partial charge is 0.410 e. The molecule has 1 aromatic carbocycles. The Kier molecular flexibility index (Phi) is 15.7. The van der Waals surface area contributed by atoms with Crippen LogP contribution in [0.15, 0.2) is 40.1 Å². The Labute approximate surface area is 285 Å². The van der Waals surface area contributed by atoms with Gasteiger partial charge in [-0.3, -0.25) is 24.0 Å². The average Bonchev–Trinajstić information content (AvgIpc) is 3.78. The van der Waals surface area contributed by atoms with Crippen LogP contribution in [0.4, 0.5) is 4.79 Å². The van der Waals surface area contributed by atoms with E-state index in [9.17, 15) is 27.6 Å². The highest BCUT2D eigenvalue weighted by molar-refractivity contribution is 9.10. The lowest BCUT2D eigenvalue weighted by atomic mass is 10.1. The Balaban J connectivity index is 0.000000344. The standard InChI is InChI=1S/C18H29N3O6S.C12H12BrNO3.C2H6/c1-4-5-7-14(16(22)20-28(25,26)13-9-10-13)19-17(23)15-8-6-11-21(15)18(24)27-12(2)3;1-3-17-10-6-8(15)7-4-5-9(16-2)11(13)12(7)14-10;1-2/h4,12-15H,1,5-11H2,2-3H3,(H,19,23)(H,20,22);4-6H,3H2,1-2H3,(H,14,15);1-2H3. The van der Waals surface area contributed by atoms with Crippen LogP contribution in [-0.2, 0) is 24.3 Å². The minimum Gasteiger partial charge on any atom is -0.495 e. The van der Waals surface area contributed by atoms with Crippen molar-refractivity contribution in [3.8, 4) is 11.6 Å². The van der Waals surface area contributed by atoms with E-state index in [1.54, 1.807) is 39.2 Å². The summed E-state index contributed by atoms with van der Waals surface area (Å²) in [5.41, 5.74) is 0.603. The van der Waals surface area contributed by atoms with Gasteiger partial charge in [-0.05, 0) is 87.4 Å². The van der Waals surface area contributed by atoms with Gasteiger partial charge in [0.1, 0.15) is 17.8 Å². The molecule has 1 aliphatic heterocycles. The lowest BCUT2D eigenvalue weighted by Crippen LogP contribution is -2.54. The van der Waals surface area contributed by atoms with Gasteiger partial charge in [0.15, 0.2) is 11.3 Å². The zero-order chi connectivity index (χ0) is 35.3. The second-order valence-electron chi connectivity index (χ2n) is 10.9. The molecule has 2 unspecified atom stereocenters. The zero-order valence-electron chi connectivity index (χ0n) is 27.9. The Morgan fingerprint density at radius 1 is 1.19 bits per heavy atom. The van der Waals surface area contributed by atoms with Crippen molar-refractivity contribution in [2.24, 2.45) is 0 Å². The predicted octanol–water partition coefficient (Wildman–Crippen LogP) is 4.78. The molecule has 4 rings (SSSR count). The number of ether oxygens (including phenoxy) is 3. The van der Waals surface area contributed by atoms with E-state index in [1.165, 1.54) is 11.0 Å². The number of fused-ring (bicyclic) bond motifs is 1. The molecule has 2 aliphatic rings. The van der Waals surface area contributed by atoms with Crippen LogP contribution in [0, 0.1) is 0 Å². The minimum atomic E-state index is -3.71. The van der Waals surface area contributed by atoms with Crippen LogP contribution in [0.5, 0.6) is 11.6 Å². The summed E-state index contributed by atoms with van der Waals surface area (Å²) in [7, 11) is -2.13. The van der Waals surface area contributed by atoms with Crippen molar-refractivity contribution >= 4 is 54.8 Å². The maximum Gasteiger partial charge on any atom is 0.410 e. The summed E-state index contributed by atoms with van der Waals surface area (Å²) in [4.78, 5) is 53.6. The van der Waals surface area contributed by atoms with Crippen LogP contribution < -0.4 is 24.9 Å².